The molecule has 144 valence electrons. The average Bonchev–Trinajstić information content (AvgIpc) is 2.54. The number of ether oxygens (including phenoxy) is 1. The Kier molecular flexibility index (Phi) is 5.94. The van der Waals surface area contributed by atoms with Gasteiger partial charge in [-0.3, -0.25) is 0 Å². The smallest absolute Gasteiger partial charge is 0.319 e. The van der Waals surface area contributed by atoms with Gasteiger partial charge in [-0.2, -0.15) is 0 Å². The third-order valence-electron chi connectivity index (χ3n) is 4.72. The van der Waals surface area contributed by atoms with Crippen molar-refractivity contribution in [3.8, 4) is 6.01 Å². The van der Waals surface area contributed by atoms with Crippen LogP contribution >= 0.6 is 0 Å². The number of aryl methyl sites for hydroxylation is 4. The maximum Gasteiger partial charge on any atom is 0.319 e. The monoisotopic (exact) mass is 368 g/mol. The van der Waals surface area contributed by atoms with Crippen LogP contribution in [0.25, 0.3) is 0 Å². The van der Waals surface area contributed by atoms with Crippen LogP contribution in [-0.4, -0.2) is 28.1 Å². The molecule has 0 spiro atoms. The first-order chi connectivity index (χ1) is 12.9. The molecule has 2 N–H and O–H groups in total. The minimum atomic E-state index is -0.151. The lowest BCUT2D eigenvalue weighted by Gasteiger charge is -2.29. The van der Waals surface area contributed by atoms with Gasteiger partial charge in [-0.05, 0) is 82.7 Å². The zero-order valence-corrected chi connectivity index (χ0v) is 16.5. The van der Waals surface area contributed by atoms with Crippen LogP contribution in [0, 0.1) is 27.7 Å². The summed E-state index contributed by atoms with van der Waals surface area (Å²) in [6.07, 6.45) is 3.63. The number of rotatable bonds is 4. The molecule has 1 aromatic carbocycles. The Labute approximate surface area is 160 Å². The molecule has 2 aromatic rings. The summed E-state index contributed by atoms with van der Waals surface area (Å²) >= 11 is 0. The molecule has 1 aliphatic carbocycles. The van der Waals surface area contributed by atoms with E-state index in [-0.39, 0.29) is 18.2 Å². The molecular formula is C21H28N4O2. The van der Waals surface area contributed by atoms with E-state index in [0.29, 0.717) is 6.01 Å². The minimum absolute atomic E-state index is 0.103. The predicted molar refractivity (Wildman–Crippen MR) is 106 cm³/mol. The lowest BCUT2D eigenvalue weighted by atomic mass is 9.93. The fourth-order valence-corrected chi connectivity index (χ4v) is 3.62. The van der Waals surface area contributed by atoms with Crippen LogP contribution in [0.2, 0.25) is 0 Å². The van der Waals surface area contributed by atoms with Crippen molar-refractivity contribution in [3.63, 3.8) is 0 Å². The van der Waals surface area contributed by atoms with Crippen LogP contribution in [0.1, 0.15) is 48.2 Å². The van der Waals surface area contributed by atoms with E-state index >= 15 is 0 Å². The Bertz CT molecular complexity index is 773. The maximum absolute atomic E-state index is 12.3. The molecule has 0 aliphatic heterocycles. The number of anilines is 1. The third kappa shape index (κ3) is 5.67. The molecular weight excluding hydrogens is 340 g/mol. The van der Waals surface area contributed by atoms with Crippen molar-refractivity contribution in [1.29, 1.82) is 0 Å². The zero-order valence-electron chi connectivity index (χ0n) is 16.5. The summed E-state index contributed by atoms with van der Waals surface area (Å²) in [5.74, 6) is 0. The molecule has 2 amide bonds. The number of aromatic nitrogens is 2. The number of carbonyl (C=O) groups is 1. The Morgan fingerprint density at radius 1 is 0.926 bits per heavy atom. The largest absolute Gasteiger partial charge is 0.460 e. The number of hydrogen-bond acceptors (Lipinski definition) is 4. The molecule has 6 nitrogen and oxygen atoms in total. The van der Waals surface area contributed by atoms with Gasteiger partial charge in [0.2, 0.25) is 0 Å². The number of nitrogens with one attached hydrogen (secondary N) is 2. The highest BCUT2D eigenvalue weighted by molar-refractivity contribution is 5.89. The molecule has 0 unspecified atom stereocenters. The molecule has 0 atom stereocenters. The normalized spacial score (nSPS) is 19.4. The maximum atomic E-state index is 12.3. The molecule has 1 aliphatic rings. The van der Waals surface area contributed by atoms with Gasteiger partial charge in [-0.15, -0.1) is 0 Å². The SMILES string of the molecule is Cc1cc(C)cc(NC(=O)NC2CCC(Oc3nc(C)cc(C)n3)CC2)c1. The summed E-state index contributed by atoms with van der Waals surface area (Å²) < 4.78 is 5.94. The molecule has 0 bridgehead atoms. The quantitative estimate of drug-likeness (QED) is 0.847. The van der Waals surface area contributed by atoms with Crippen LogP contribution in [0.3, 0.4) is 0 Å². The van der Waals surface area contributed by atoms with Gasteiger partial charge in [0.15, 0.2) is 0 Å². The molecule has 1 saturated carbocycles. The van der Waals surface area contributed by atoms with Crippen molar-refractivity contribution in [2.24, 2.45) is 0 Å². The summed E-state index contributed by atoms with van der Waals surface area (Å²) in [7, 11) is 0. The molecule has 0 saturated heterocycles. The predicted octanol–water partition coefficient (Wildman–Crippen LogP) is 4.22. The van der Waals surface area contributed by atoms with Crippen LogP contribution in [0.15, 0.2) is 24.3 Å². The van der Waals surface area contributed by atoms with Crippen molar-refractivity contribution < 1.29 is 9.53 Å². The molecule has 27 heavy (non-hydrogen) atoms. The third-order valence-corrected chi connectivity index (χ3v) is 4.72. The van der Waals surface area contributed by atoms with Gasteiger partial charge in [0, 0.05) is 23.1 Å². The highest BCUT2D eigenvalue weighted by Crippen LogP contribution is 2.23. The molecule has 1 aromatic heterocycles. The van der Waals surface area contributed by atoms with Gasteiger partial charge < -0.3 is 15.4 Å². The van der Waals surface area contributed by atoms with E-state index in [9.17, 15) is 4.79 Å². The lowest BCUT2D eigenvalue weighted by Crippen LogP contribution is -2.41. The van der Waals surface area contributed by atoms with Crippen LogP contribution < -0.4 is 15.4 Å². The first-order valence-electron chi connectivity index (χ1n) is 9.52. The van der Waals surface area contributed by atoms with E-state index in [1.807, 2.05) is 45.9 Å². The van der Waals surface area contributed by atoms with Crippen LogP contribution in [0.5, 0.6) is 6.01 Å². The Hall–Kier alpha value is -2.63. The van der Waals surface area contributed by atoms with Gasteiger partial charge in [-0.1, -0.05) is 6.07 Å². The number of benzene rings is 1. The molecule has 3 rings (SSSR count). The standard InChI is InChI=1S/C21H28N4O2/c1-13-9-14(2)11-18(10-13)25-20(26)24-17-5-7-19(8-6-17)27-21-22-15(3)12-16(4)23-21/h9-12,17,19H,5-8H2,1-4H3,(H2,24,25,26). The zero-order chi connectivity index (χ0) is 19.4. The number of amides is 2. The Balaban J connectivity index is 1.46. The molecule has 6 heteroatoms. The van der Waals surface area contributed by atoms with Gasteiger partial charge >= 0.3 is 12.0 Å². The fraction of sp³-hybridized carbons (Fsp3) is 0.476. The topological polar surface area (TPSA) is 76.1 Å². The number of nitrogens with zero attached hydrogens (tertiary/aromatic N) is 2. The first-order valence-corrected chi connectivity index (χ1v) is 9.52. The summed E-state index contributed by atoms with van der Waals surface area (Å²) in [6.45, 7) is 7.93. The Morgan fingerprint density at radius 2 is 1.52 bits per heavy atom. The van der Waals surface area contributed by atoms with Crippen LogP contribution in [-0.2, 0) is 0 Å². The van der Waals surface area contributed by atoms with E-state index in [1.165, 1.54) is 0 Å². The van der Waals surface area contributed by atoms with E-state index in [0.717, 1.165) is 53.9 Å². The summed E-state index contributed by atoms with van der Waals surface area (Å²) in [5.41, 5.74) is 4.92. The van der Waals surface area contributed by atoms with Crippen molar-refractivity contribution in [1.82, 2.24) is 15.3 Å². The summed E-state index contributed by atoms with van der Waals surface area (Å²) in [4.78, 5) is 21.0. The van der Waals surface area contributed by atoms with E-state index in [2.05, 4.69) is 26.7 Å². The molecule has 0 radical (unpaired) electrons. The van der Waals surface area contributed by atoms with E-state index in [4.69, 9.17) is 4.74 Å². The van der Waals surface area contributed by atoms with Crippen LogP contribution in [0.4, 0.5) is 10.5 Å². The van der Waals surface area contributed by atoms with Crippen molar-refractivity contribution >= 4 is 11.7 Å². The van der Waals surface area contributed by atoms with E-state index in [1.54, 1.807) is 0 Å². The minimum Gasteiger partial charge on any atom is -0.460 e. The van der Waals surface area contributed by atoms with Gasteiger partial charge in [0.25, 0.3) is 0 Å². The van der Waals surface area contributed by atoms with Gasteiger partial charge in [-0.25, -0.2) is 14.8 Å². The highest BCUT2D eigenvalue weighted by atomic mass is 16.5. The second-order valence-corrected chi connectivity index (χ2v) is 7.50. The average molecular weight is 368 g/mol. The van der Waals surface area contributed by atoms with Crippen molar-refractivity contribution in [2.45, 2.75) is 65.5 Å². The number of urea groups is 1. The molecule has 1 heterocycles. The highest BCUT2D eigenvalue weighted by Gasteiger charge is 2.24. The summed E-state index contributed by atoms with van der Waals surface area (Å²) in [6, 6.07) is 8.43. The second kappa shape index (κ2) is 8.37. The lowest BCUT2D eigenvalue weighted by molar-refractivity contribution is 0.129. The van der Waals surface area contributed by atoms with E-state index < -0.39 is 0 Å². The summed E-state index contributed by atoms with van der Waals surface area (Å²) in [5, 5.41) is 6.01. The van der Waals surface area contributed by atoms with Crippen molar-refractivity contribution in [3.05, 3.63) is 46.8 Å². The number of carbonyl (C=O) groups excluding carboxylic acids is 1. The first kappa shape index (κ1) is 19.1. The van der Waals surface area contributed by atoms with Gasteiger partial charge in [0.05, 0.1) is 0 Å². The molecule has 1 fully saturated rings. The number of hydrogen-bond donors (Lipinski definition) is 2. The fourth-order valence-electron chi connectivity index (χ4n) is 3.62. The van der Waals surface area contributed by atoms with Gasteiger partial charge in [0.1, 0.15) is 6.10 Å². The second-order valence-electron chi connectivity index (χ2n) is 7.50. The van der Waals surface area contributed by atoms with Crippen molar-refractivity contribution in [2.75, 3.05) is 5.32 Å². The Morgan fingerprint density at radius 3 is 2.11 bits per heavy atom.